The van der Waals surface area contributed by atoms with E-state index in [0.717, 1.165) is 6.42 Å². The first-order chi connectivity index (χ1) is 7.38. The number of allylic oxidation sites excluding steroid dienone is 3. The first-order valence-electron chi connectivity index (χ1n) is 5.16. The van der Waals surface area contributed by atoms with Crippen molar-refractivity contribution in [3.05, 3.63) is 54.2 Å². The minimum Gasteiger partial charge on any atom is -0.334 e. The topological polar surface area (TPSA) is 12.0 Å². The molecule has 1 nitrogen and oxygen atoms in total. The van der Waals surface area contributed by atoms with Crippen LogP contribution in [0.2, 0.25) is 0 Å². The quantitative estimate of drug-likeness (QED) is 0.485. The van der Waals surface area contributed by atoms with Crippen molar-refractivity contribution >= 4 is 28.4 Å². The lowest BCUT2D eigenvalue weighted by molar-refractivity contribution is 0.959. The third-order valence-electron chi connectivity index (χ3n) is 2.07. The third-order valence-corrected chi connectivity index (χ3v) is 2.38. The van der Waals surface area contributed by atoms with Crippen LogP contribution in [0.25, 0.3) is 5.57 Å². The Labute approximate surface area is 106 Å². The Kier molecular flexibility index (Phi) is 6.16. The lowest BCUT2D eigenvalue weighted by Gasteiger charge is -2.01. The molecule has 0 spiro atoms. The van der Waals surface area contributed by atoms with E-state index >= 15 is 0 Å². The molecule has 0 saturated heterocycles. The van der Waals surface area contributed by atoms with Crippen molar-refractivity contribution in [2.24, 2.45) is 0 Å². The van der Waals surface area contributed by atoms with E-state index in [1.165, 1.54) is 17.6 Å². The van der Waals surface area contributed by atoms with Crippen molar-refractivity contribution < 1.29 is 0 Å². The average molecular weight is 313 g/mol. The maximum Gasteiger partial charge on any atom is 0.0555 e. The molecule has 0 unspecified atom stereocenters. The first-order valence-corrected chi connectivity index (χ1v) is 6.24. The van der Waals surface area contributed by atoms with Gasteiger partial charge in [0.1, 0.15) is 0 Å². The summed E-state index contributed by atoms with van der Waals surface area (Å²) >= 11 is 2.13. The summed E-state index contributed by atoms with van der Waals surface area (Å²) in [5.74, 6) is 0. The number of hydrogen-bond acceptors (Lipinski definition) is 1. The van der Waals surface area contributed by atoms with Gasteiger partial charge in [-0.15, -0.1) is 0 Å². The molecular formula is C13H16IN. The fourth-order valence-electron chi connectivity index (χ4n) is 1.29. The van der Waals surface area contributed by atoms with E-state index in [-0.39, 0.29) is 0 Å². The molecular weight excluding hydrogens is 297 g/mol. The van der Waals surface area contributed by atoms with E-state index < -0.39 is 0 Å². The van der Waals surface area contributed by atoms with Gasteiger partial charge in [-0.2, -0.15) is 0 Å². The molecule has 1 rings (SSSR count). The van der Waals surface area contributed by atoms with Gasteiger partial charge in [0.15, 0.2) is 0 Å². The lowest BCUT2D eigenvalue weighted by atomic mass is 10.1. The Hall–Kier alpha value is -0.770. The predicted octanol–water partition coefficient (Wildman–Crippen LogP) is 4.32. The summed E-state index contributed by atoms with van der Waals surface area (Å²) in [5, 5.41) is 0. The summed E-state index contributed by atoms with van der Waals surface area (Å²) in [6.45, 7) is 2.19. The van der Waals surface area contributed by atoms with Gasteiger partial charge >= 0.3 is 0 Å². The fourth-order valence-corrected chi connectivity index (χ4v) is 1.63. The molecule has 1 aromatic carbocycles. The second-order valence-electron chi connectivity index (χ2n) is 3.27. The van der Waals surface area contributed by atoms with Crippen LogP contribution in [0.3, 0.4) is 0 Å². The van der Waals surface area contributed by atoms with Crippen LogP contribution < -0.4 is 3.53 Å². The summed E-state index contributed by atoms with van der Waals surface area (Å²) in [5.41, 5.74) is 2.47. The van der Waals surface area contributed by atoms with E-state index in [4.69, 9.17) is 0 Å². The van der Waals surface area contributed by atoms with Gasteiger partial charge in [-0.05, 0) is 17.6 Å². The van der Waals surface area contributed by atoms with Crippen LogP contribution in [-0.2, 0) is 0 Å². The first kappa shape index (κ1) is 12.3. The highest BCUT2D eigenvalue weighted by atomic mass is 127. The number of halogens is 1. The van der Waals surface area contributed by atoms with Gasteiger partial charge < -0.3 is 3.53 Å². The molecule has 0 aliphatic heterocycles. The summed E-state index contributed by atoms with van der Waals surface area (Å²) in [6, 6.07) is 10.4. The van der Waals surface area contributed by atoms with Crippen LogP contribution in [0.1, 0.15) is 25.3 Å². The maximum atomic E-state index is 3.05. The van der Waals surface area contributed by atoms with Crippen LogP contribution in [0.4, 0.5) is 0 Å². The molecule has 80 valence electrons. The minimum absolute atomic E-state index is 1.13. The standard InChI is InChI=1S/C13H16IN/c1-2-3-5-10-13(11-15-14)12-8-6-4-7-9-12/h4-11,15H,2-3H2,1H3/b10-5-,13-11+. The van der Waals surface area contributed by atoms with Gasteiger partial charge in [-0.1, -0.05) is 55.8 Å². The number of rotatable bonds is 5. The molecule has 0 aromatic heterocycles. The molecule has 0 bridgehead atoms. The highest BCUT2D eigenvalue weighted by molar-refractivity contribution is 14.1. The highest BCUT2D eigenvalue weighted by Crippen LogP contribution is 2.15. The summed E-state index contributed by atoms with van der Waals surface area (Å²) in [4.78, 5) is 0. The molecule has 15 heavy (non-hydrogen) atoms. The van der Waals surface area contributed by atoms with Crippen LogP contribution >= 0.6 is 22.9 Å². The SMILES string of the molecule is CCC/C=C\C(=C/NI)c1ccccc1. The predicted molar refractivity (Wildman–Crippen MR) is 75.6 cm³/mol. The van der Waals surface area contributed by atoms with Crippen LogP contribution in [0.5, 0.6) is 0 Å². The van der Waals surface area contributed by atoms with Crippen molar-refractivity contribution in [2.45, 2.75) is 19.8 Å². The summed E-state index contributed by atoms with van der Waals surface area (Å²) < 4.78 is 3.05. The molecule has 0 heterocycles. The molecule has 0 amide bonds. The van der Waals surface area contributed by atoms with Gasteiger partial charge in [0.2, 0.25) is 0 Å². The Morgan fingerprint density at radius 3 is 2.67 bits per heavy atom. The zero-order valence-electron chi connectivity index (χ0n) is 8.91. The maximum absolute atomic E-state index is 3.05. The summed E-state index contributed by atoms with van der Waals surface area (Å²) in [6.07, 6.45) is 8.72. The van der Waals surface area contributed by atoms with E-state index in [1.54, 1.807) is 0 Å². The van der Waals surface area contributed by atoms with Crippen molar-refractivity contribution in [2.75, 3.05) is 0 Å². The molecule has 0 radical (unpaired) electrons. The Balaban J connectivity index is 2.80. The van der Waals surface area contributed by atoms with E-state index in [2.05, 4.69) is 69.7 Å². The third kappa shape index (κ3) is 4.51. The van der Waals surface area contributed by atoms with Crippen molar-refractivity contribution in [1.29, 1.82) is 0 Å². The molecule has 0 aliphatic carbocycles. The zero-order chi connectivity index (χ0) is 10.9. The van der Waals surface area contributed by atoms with Gasteiger partial charge in [0, 0.05) is 6.20 Å². The van der Waals surface area contributed by atoms with Gasteiger partial charge in [-0.25, -0.2) is 0 Å². The second-order valence-corrected chi connectivity index (χ2v) is 3.89. The smallest absolute Gasteiger partial charge is 0.0555 e. The van der Waals surface area contributed by atoms with Crippen molar-refractivity contribution in [1.82, 2.24) is 3.53 Å². The van der Waals surface area contributed by atoms with Gasteiger partial charge in [0.25, 0.3) is 0 Å². The average Bonchev–Trinajstić information content (AvgIpc) is 2.29. The number of nitrogens with one attached hydrogen (secondary N) is 1. The second kappa shape index (κ2) is 7.51. The summed E-state index contributed by atoms with van der Waals surface area (Å²) in [7, 11) is 0. The molecule has 0 atom stereocenters. The van der Waals surface area contributed by atoms with Gasteiger partial charge in [0.05, 0.1) is 22.9 Å². The Morgan fingerprint density at radius 1 is 1.33 bits per heavy atom. The number of hydrogen-bond donors (Lipinski definition) is 1. The van der Waals surface area contributed by atoms with E-state index in [0.29, 0.717) is 0 Å². The molecule has 0 saturated carbocycles. The largest absolute Gasteiger partial charge is 0.334 e. The zero-order valence-corrected chi connectivity index (χ0v) is 11.1. The molecule has 0 aliphatic rings. The molecule has 1 N–H and O–H groups in total. The van der Waals surface area contributed by atoms with Gasteiger partial charge in [-0.3, -0.25) is 0 Å². The number of unbranched alkanes of at least 4 members (excludes halogenated alkanes) is 1. The highest BCUT2D eigenvalue weighted by Gasteiger charge is 1.95. The Bertz CT molecular complexity index is 328. The fraction of sp³-hybridized carbons (Fsp3) is 0.231. The van der Waals surface area contributed by atoms with Crippen LogP contribution in [0.15, 0.2) is 48.7 Å². The Morgan fingerprint density at radius 2 is 2.07 bits per heavy atom. The van der Waals surface area contributed by atoms with Crippen molar-refractivity contribution in [3.63, 3.8) is 0 Å². The molecule has 0 fully saturated rings. The molecule has 1 aromatic rings. The number of benzene rings is 1. The van der Waals surface area contributed by atoms with E-state index in [9.17, 15) is 0 Å². The van der Waals surface area contributed by atoms with Crippen molar-refractivity contribution in [3.8, 4) is 0 Å². The van der Waals surface area contributed by atoms with Crippen LogP contribution in [0, 0.1) is 0 Å². The lowest BCUT2D eigenvalue weighted by Crippen LogP contribution is -1.87. The van der Waals surface area contributed by atoms with E-state index in [1.807, 2.05) is 12.3 Å². The normalized spacial score (nSPS) is 12.0. The minimum atomic E-state index is 1.13. The molecule has 2 heteroatoms. The monoisotopic (exact) mass is 313 g/mol. The van der Waals surface area contributed by atoms with Crippen LogP contribution in [-0.4, -0.2) is 0 Å².